The van der Waals surface area contributed by atoms with Crippen LogP contribution in [0.3, 0.4) is 0 Å². The number of nitrogens with zero attached hydrogens (tertiary/aromatic N) is 3. The normalized spacial score (nSPS) is 13.6. The Morgan fingerprint density at radius 3 is 1.68 bits per heavy atom. The summed E-state index contributed by atoms with van der Waals surface area (Å²) < 4.78 is 33.5. The van der Waals surface area contributed by atoms with Crippen molar-refractivity contribution in [3.63, 3.8) is 0 Å². The monoisotopic (exact) mass is 1160 g/mol. The second-order valence-electron chi connectivity index (χ2n) is 20.0. The molecular weight excluding hydrogens is 1090 g/mol. The van der Waals surface area contributed by atoms with E-state index in [1.165, 1.54) is 37.3 Å². The molecule has 0 spiro atoms. The van der Waals surface area contributed by atoms with Crippen LogP contribution in [-0.4, -0.2) is 146 Å². The smallest absolute Gasteiger partial charge is 0.305 e. The van der Waals surface area contributed by atoms with Crippen LogP contribution in [0.5, 0.6) is 0 Å². The summed E-state index contributed by atoms with van der Waals surface area (Å²) in [6, 6.07) is 13.0. The molecule has 0 saturated heterocycles. The fourth-order valence-corrected chi connectivity index (χ4v) is 8.76. The van der Waals surface area contributed by atoms with E-state index in [-0.39, 0.29) is 41.3 Å². The van der Waals surface area contributed by atoms with Crippen LogP contribution in [0.25, 0.3) is 10.8 Å². The molecule has 0 aromatic heterocycles. The molecule has 442 valence electrons. The molecule has 13 N–H and O–H groups in total. The van der Waals surface area contributed by atoms with Crippen LogP contribution in [0.2, 0.25) is 0 Å². The van der Waals surface area contributed by atoms with E-state index in [0.29, 0.717) is 22.4 Å². The van der Waals surface area contributed by atoms with Crippen LogP contribution in [0, 0.1) is 11.8 Å². The van der Waals surface area contributed by atoms with Gasteiger partial charge in [0, 0.05) is 61.3 Å². The molecule has 6 atom stereocenters. The Balaban J connectivity index is 1.40. The summed E-state index contributed by atoms with van der Waals surface area (Å²) in [5.41, 5.74) is 8.09. The summed E-state index contributed by atoms with van der Waals surface area (Å²) >= 11 is 0. The van der Waals surface area contributed by atoms with Gasteiger partial charge in [-0.2, -0.15) is 18.6 Å². The first-order valence-corrected chi connectivity index (χ1v) is 27.3. The van der Waals surface area contributed by atoms with Crippen molar-refractivity contribution >= 4 is 103 Å². The summed E-state index contributed by atoms with van der Waals surface area (Å²) in [5.74, 6) is -11.5. The van der Waals surface area contributed by atoms with E-state index in [9.17, 15) is 71.1 Å². The quantitative estimate of drug-likeness (QED) is 0.0195. The minimum Gasteiger partial charge on any atom is -0.481 e. The summed E-state index contributed by atoms with van der Waals surface area (Å²) in [6.07, 6.45) is -2.89. The summed E-state index contributed by atoms with van der Waals surface area (Å²) in [5, 5.41) is 48.2. The molecule has 0 heterocycles. The first-order valence-electron chi connectivity index (χ1n) is 25.9. The van der Waals surface area contributed by atoms with Crippen LogP contribution in [0.4, 0.5) is 22.7 Å². The number of carboxylic acid groups (broad SMARTS) is 2. The number of hydrogen-bond donors (Lipinski definition) is 12. The molecule has 0 saturated carbocycles. The highest BCUT2D eigenvalue weighted by atomic mass is 32.2. The first-order chi connectivity index (χ1) is 38.5. The average molecular weight is 1160 g/mol. The number of nitrogens with one attached hydrogen (secondary N) is 8. The van der Waals surface area contributed by atoms with Crippen molar-refractivity contribution in [2.75, 3.05) is 37.4 Å². The molecule has 0 bridgehead atoms. The number of amides is 8. The molecule has 0 radical (unpaired) electrons. The van der Waals surface area contributed by atoms with E-state index in [0.717, 1.165) is 5.69 Å². The van der Waals surface area contributed by atoms with Crippen molar-refractivity contribution in [3.05, 3.63) is 90.5 Å². The van der Waals surface area contributed by atoms with E-state index in [1.54, 1.807) is 70.2 Å². The van der Waals surface area contributed by atoms with Gasteiger partial charge in [0.2, 0.25) is 41.4 Å². The predicted molar refractivity (Wildman–Crippen MR) is 300 cm³/mol. The standard InChI is InChI=1S/C54H70N12O15S/c1-29(2)26-40(60-53(77)41(27-44(55)67)62-54(78)47(30(3)4)63-49(73)32-14-16-33(17-15-32)64-65-34-18-20-35(21-19-34)66(6)7)52(76)61-42(28-46(70)71)51(75)58-31(5)48(72)59-39(22-23-45(68)69)50(74)57-25-24-56-38-12-8-11-37-36(38)10-9-13-43(37)82(79,80)81/h8-21,29-31,39-42,47,56H,22-28H2,1-7H3,(H2,55,67)(H,57,74)(H,58,75)(H,59,72)(H,60,77)(H,61,76)(H,62,78)(H,63,73)(H,68,69)(H,70,71)(H,79,80,81). The second-order valence-corrected chi connectivity index (χ2v) is 21.4. The predicted octanol–water partition coefficient (Wildman–Crippen LogP) is 2.26. The van der Waals surface area contributed by atoms with Crippen molar-refractivity contribution in [1.82, 2.24) is 37.2 Å². The number of benzene rings is 4. The number of carboxylic acids is 2. The zero-order chi connectivity index (χ0) is 61.0. The molecular formula is C54H70N12O15S. The van der Waals surface area contributed by atoms with Gasteiger partial charge in [0.25, 0.3) is 16.0 Å². The van der Waals surface area contributed by atoms with Gasteiger partial charge in [0.05, 0.1) is 24.2 Å². The molecule has 4 aromatic carbocycles. The van der Waals surface area contributed by atoms with Crippen molar-refractivity contribution in [3.8, 4) is 0 Å². The molecule has 0 aliphatic heterocycles. The van der Waals surface area contributed by atoms with Crippen LogP contribution in [-0.2, 0) is 53.3 Å². The molecule has 6 unspecified atom stereocenters. The van der Waals surface area contributed by atoms with Crippen LogP contribution in [0.15, 0.2) is 100 Å². The lowest BCUT2D eigenvalue weighted by molar-refractivity contribution is -0.142. The molecule has 0 aliphatic rings. The lowest BCUT2D eigenvalue weighted by Crippen LogP contribution is -2.60. The highest BCUT2D eigenvalue weighted by Crippen LogP contribution is 2.29. The number of azo groups is 1. The molecule has 0 fully saturated rings. The number of carbonyl (C=O) groups excluding carboxylic acids is 8. The topological polar surface area (TPSA) is 416 Å². The summed E-state index contributed by atoms with van der Waals surface area (Å²) in [4.78, 5) is 133. The van der Waals surface area contributed by atoms with Crippen molar-refractivity contribution in [1.29, 1.82) is 0 Å². The minimum absolute atomic E-state index is 0.0533. The molecule has 4 rings (SSSR count). The van der Waals surface area contributed by atoms with Gasteiger partial charge in [0.15, 0.2) is 0 Å². The van der Waals surface area contributed by atoms with E-state index < -0.39 is 137 Å². The van der Waals surface area contributed by atoms with E-state index >= 15 is 0 Å². The number of aliphatic carboxylic acids is 2. The molecule has 82 heavy (non-hydrogen) atoms. The van der Waals surface area contributed by atoms with Crippen molar-refractivity contribution in [2.45, 2.75) is 108 Å². The fraction of sp³-hybridized carbons (Fsp3) is 0.407. The number of carbonyl (C=O) groups is 10. The average Bonchev–Trinajstić information content (AvgIpc) is 3.58. The second kappa shape index (κ2) is 30.5. The molecule has 8 amide bonds. The maximum absolute atomic E-state index is 13.9. The fourth-order valence-electron chi connectivity index (χ4n) is 8.05. The Hall–Kier alpha value is -9.05. The molecule has 27 nitrogen and oxygen atoms in total. The zero-order valence-electron chi connectivity index (χ0n) is 46.2. The lowest BCUT2D eigenvalue weighted by Gasteiger charge is -2.28. The van der Waals surface area contributed by atoms with Gasteiger partial charge in [-0.25, -0.2) is 0 Å². The van der Waals surface area contributed by atoms with Crippen LogP contribution in [0.1, 0.15) is 77.1 Å². The third-order valence-corrected chi connectivity index (χ3v) is 13.2. The van der Waals surface area contributed by atoms with Gasteiger partial charge in [0.1, 0.15) is 41.1 Å². The Morgan fingerprint density at radius 2 is 1.12 bits per heavy atom. The Kier molecular flexibility index (Phi) is 24.4. The minimum atomic E-state index is -4.55. The van der Waals surface area contributed by atoms with Crippen LogP contribution < -0.4 is 53.2 Å². The highest BCUT2D eigenvalue weighted by Gasteiger charge is 2.35. The van der Waals surface area contributed by atoms with Gasteiger partial charge in [-0.3, -0.25) is 52.5 Å². The lowest BCUT2D eigenvalue weighted by atomic mass is 10.0. The summed E-state index contributed by atoms with van der Waals surface area (Å²) in [7, 11) is -0.730. The summed E-state index contributed by atoms with van der Waals surface area (Å²) in [6.45, 7) is 7.72. The molecule has 28 heteroatoms. The number of nitrogens with two attached hydrogens (primary N) is 1. The molecule has 4 aromatic rings. The van der Waals surface area contributed by atoms with Gasteiger partial charge in [-0.1, -0.05) is 52.0 Å². The maximum Gasteiger partial charge on any atom is 0.305 e. The number of rotatable bonds is 31. The van der Waals surface area contributed by atoms with E-state index in [1.807, 2.05) is 31.1 Å². The Bertz CT molecular complexity index is 3120. The number of primary amides is 1. The van der Waals surface area contributed by atoms with Crippen molar-refractivity contribution in [2.24, 2.45) is 27.8 Å². The van der Waals surface area contributed by atoms with E-state index in [2.05, 4.69) is 52.8 Å². The van der Waals surface area contributed by atoms with Crippen molar-refractivity contribution < 1.29 is 71.1 Å². The highest BCUT2D eigenvalue weighted by molar-refractivity contribution is 7.86. The first kappa shape index (κ1) is 65.5. The van der Waals surface area contributed by atoms with Gasteiger partial charge in [-0.05, 0) is 92.3 Å². The number of anilines is 2. The Labute approximate surface area is 473 Å². The molecule has 0 aliphatic carbocycles. The maximum atomic E-state index is 13.9. The van der Waals surface area contributed by atoms with Gasteiger partial charge in [-0.15, -0.1) is 0 Å². The number of fused-ring (bicyclic) bond motifs is 1. The SMILES string of the molecule is CC(C)CC(NC(=O)C(CC(N)=O)NC(=O)C(NC(=O)c1ccc(N=Nc2ccc(N(C)C)cc2)cc1)C(C)C)C(=O)NC(CC(=O)O)C(=O)NC(C)C(=O)NC(CCC(=O)O)C(=O)NCCNc1cccc2c(S(=O)(=O)O)cccc12. The van der Waals surface area contributed by atoms with Gasteiger partial charge < -0.3 is 63.4 Å². The third kappa shape index (κ3) is 20.6. The van der Waals surface area contributed by atoms with Gasteiger partial charge >= 0.3 is 11.9 Å². The van der Waals surface area contributed by atoms with E-state index in [4.69, 9.17) is 5.73 Å². The number of hydrogen-bond acceptors (Lipinski definition) is 16. The third-order valence-electron chi connectivity index (χ3n) is 12.3. The van der Waals surface area contributed by atoms with Crippen LogP contribution >= 0.6 is 0 Å². The largest absolute Gasteiger partial charge is 0.481 e. The zero-order valence-corrected chi connectivity index (χ0v) is 47.0. The Morgan fingerprint density at radius 1 is 0.585 bits per heavy atom.